The molecule has 1 aromatic carbocycles. The van der Waals surface area contributed by atoms with Crippen molar-refractivity contribution in [3.8, 4) is 0 Å². The van der Waals surface area contributed by atoms with E-state index >= 15 is 0 Å². The predicted molar refractivity (Wildman–Crippen MR) is 78.8 cm³/mol. The van der Waals surface area contributed by atoms with Gasteiger partial charge in [-0.15, -0.1) is 0 Å². The Hall–Kier alpha value is -0.580. The third kappa shape index (κ3) is 5.52. The van der Waals surface area contributed by atoms with Crippen LogP contribution in [0.5, 0.6) is 0 Å². The average molecular weight is 346 g/mol. The van der Waals surface area contributed by atoms with Gasteiger partial charge in [0.05, 0.1) is 5.56 Å². The van der Waals surface area contributed by atoms with Gasteiger partial charge in [0.2, 0.25) is 0 Å². The Morgan fingerprint density at radius 3 is 2.59 bits per heavy atom. The van der Waals surface area contributed by atoms with Gasteiger partial charge in [-0.1, -0.05) is 41.6 Å². The third-order valence-corrected chi connectivity index (χ3v) is 2.52. The third-order valence-electron chi connectivity index (χ3n) is 2.08. The molecule has 3 heteroatoms. The maximum Gasteiger partial charge on any atom is 0.338 e. The highest BCUT2D eigenvalue weighted by molar-refractivity contribution is 14.1. The summed E-state index contributed by atoms with van der Waals surface area (Å²) in [6, 6.07) is 7.68. The molecule has 0 spiro atoms. The predicted octanol–water partition coefficient (Wildman–Crippen LogP) is 4.01. The lowest BCUT2D eigenvalue weighted by Crippen LogP contribution is -2.23. The van der Waals surface area contributed by atoms with Crippen molar-refractivity contribution >= 4 is 28.6 Å². The zero-order valence-electron chi connectivity index (χ0n) is 10.8. The lowest BCUT2D eigenvalue weighted by atomic mass is 10.1. The molecule has 17 heavy (non-hydrogen) atoms. The van der Waals surface area contributed by atoms with E-state index in [-0.39, 0.29) is 5.97 Å². The fourth-order valence-corrected chi connectivity index (χ4v) is 2.00. The number of carbonyl (C=O) groups excluding carboxylic acids is 1. The Morgan fingerprint density at radius 1 is 1.41 bits per heavy atom. The maximum absolute atomic E-state index is 11.9. The lowest BCUT2D eigenvalue weighted by molar-refractivity contribution is 0.00694. The summed E-state index contributed by atoms with van der Waals surface area (Å²) in [5, 5.41) is 0. The van der Waals surface area contributed by atoms with Gasteiger partial charge in [0, 0.05) is 3.92 Å². The van der Waals surface area contributed by atoms with E-state index in [1.807, 2.05) is 39.0 Å². The summed E-state index contributed by atoms with van der Waals surface area (Å²) in [5.41, 5.74) is 1.37. The minimum absolute atomic E-state index is 0.250. The lowest BCUT2D eigenvalue weighted by Gasteiger charge is -2.19. The number of rotatable bonds is 3. The zero-order valence-corrected chi connectivity index (χ0v) is 12.9. The van der Waals surface area contributed by atoms with E-state index in [1.165, 1.54) is 5.56 Å². The number of hydrogen-bond donors (Lipinski definition) is 0. The molecule has 0 bridgehead atoms. The fourth-order valence-electron chi connectivity index (χ4n) is 1.49. The maximum atomic E-state index is 11.9. The van der Waals surface area contributed by atoms with Gasteiger partial charge >= 0.3 is 5.97 Å². The molecule has 1 atom stereocenters. The van der Waals surface area contributed by atoms with Crippen molar-refractivity contribution in [1.29, 1.82) is 0 Å². The van der Waals surface area contributed by atoms with E-state index in [0.717, 1.165) is 6.42 Å². The zero-order chi connectivity index (χ0) is 13.1. The summed E-state index contributed by atoms with van der Waals surface area (Å²) in [7, 11) is 0. The summed E-state index contributed by atoms with van der Waals surface area (Å²) < 4.78 is 5.90. The van der Waals surface area contributed by atoms with Crippen molar-refractivity contribution in [3.05, 3.63) is 35.4 Å². The van der Waals surface area contributed by atoms with Crippen LogP contribution in [0, 0.1) is 0 Å². The van der Waals surface area contributed by atoms with Crippen LogP contribution in [0.4, 0.5) is 0 Å². The van der Waals surface area contributed by atoms with Crippen molar-refractivity contribution in [3.63, 3.8) is 0 Å². The highest BCUT2D eigenvalue weighted by atomic mass is 127. The molecule has 0 aliphatic heterocycles. The van der Waals surface area contributed by atoms with Crippen LogP contribution in [0.15, 0.2) is 24.3 Å². The first-order valence-electron chi connectivity index (χ1n) is 5.74. The van der Waals surface area contributed by atoms with E-state index in [4.69, 9.17) is 4.74 Å². The molecule has 0 amide bonds. The fraction of sp³-hybridized carbons (Fsp3) is 0.500. The van der Waals surface area contributed by atoms with Gasteiger partial charge in [0.1, 0.15) is 5.60 Å². The number of carbonyl (C=O) groups is 1. The summed E-state index contributed by atoms with van der Waals surface area (Å²) in [6.45, 7) is 7.78. The minimum Gasteiger partial charge on any atom is -0.456 e. The molecule has 0 fully saturated rings. The molecule has 0 N–H and O–H groups in total. The van der Waals surface area contributed by atoms with Crippen LogP contribution in [0.3, 0.4) is 0 Å². The van der Waals surface area contributed by atoms with Gasteiger partial charge in [-0.2, -0.15) is 0 Å². The largest absolute Gasteiger partial charge is 0.456 e. The van der Waals surface area contributed by atoms with Crippen LogP contribution in [-0.4, -0.2) is 15.5 Å². The van der Waals surface area contributed by atoms with E-state index in [9.17, 15) is 4.79 Å². The van der Waals surface area contributed by atoms with Gasteiger partial charge < -0.3 is 4.74 Å². The van der Waals surface area contributed by atoms with Gasteiger partial charge in [0.15, 0.2) is 0 Å². The van der Waals surface area contributed by atoms with Crippen LogP contribution >= 0.6 is 22.6 Å². The van der Waals surface area contributed by atoms with Crippen molar-refractivity contribution in [1.82, 2.24) is 0 Å². The summed E-state index contributed by atoms with van der Waals surface area (Å²) in [6.07, 6.45) is 0.969. The molecule has 0 aliphatic rings. The number of alkyl halides is 1. The number of halogens is 1. The summed E-state index contributed by atoms with van der Waals surface area (Å²) >= 11 is 2.38. The van der Waals surface area contributed by atoms with E-state index in [1.54, 1.807) is 6.07 Å². The van der Waals surface area contributed by atoms with Crippen molar-refractivity contribution < 1.29 is 9.53 Å². The Morgan fingerprint density at radius 2 is 2.06 bits per heavy atom. The Kier molecular flexibility index (Phi) is 4.98. The standard InChI is InChI=1S/C14H19IO2/c1-10(15)8-11-6-5-7-12(9-11)13(16)17-14(2,3)4/h5-7,9-10H,8H2,1-4H3/t10-/m0/s1. The highest BCUT2D eigenvalue weighted by Gasteiger charge is 2.17. The molecule has 94 valence electrons. The second-order valence-corrected chi connectivity index (χ2v) is 7.31. The first-order valence-corrected chi connectivity index (χ1v) is 6.99. The molecular weight excluding hydrogens is 327 g/mol. The van der Waals surface area contributed by atoms with Crippen LogP contribution in [-0.2, 0) is 11.2 Å². The SMILES string of the molecule is C[C@H](I)Cc1cccc(C(=O)OC(C)(C)C)c1. The Bertz CT molecular complexity index is 391. The topological polar surface area (TPSA) is 26.3 Å². The molecule has 2 nitrogen and oxygen atoms in total. The first-order chi connectivity index (χ1) is 7.78. The van der Waals surface area contributed by atoms with Gasteiger partial charge in [-0.05, 0) is 44.9 Å². The Balaban J connectivity index is 2.81. The number of esters is 1. The van der Waals surface area contributed by atoms with Gasteiger partial charge in [-0.25, -0.2) is 4.79 Å². The van der Waals surface area contributed by atoms with Crippen LogP contribution in [0.2, 0.25) is 0 Å². The van der Waals surface area contributed by atoms with Crippen molar-refractivity contribution in [2.75, 3.05) is 0 Å². The van der Waals surface area contributed by atoms with Crippen LogP contribution < -0.4 is 0 Å². The van der Waals surface area contributed by atoms with Crippen molar-refractivity contribution in [2.24, 2.45) is 0 Å². The van der Waals surface area contributed by atoms with Crippen LogP contribution in [0.1, 0.15) is 43.6 Å². The highest BCUT2D eigenvalue weighted by Crippen LogP contribution is 2.15. The summed E-state index contributed by atoms with van der Waals surface area (Å²) in [4.78, 5) is 11.9. The quantitative estimate of drug-likeness (QED) is 0.470. The molecule has 0 unspecified atom stereocenters. The molecule has 0 saturated carbocycles. The normalized spacial score (nSPS) is 13.2. The molecule has 0 aromatic heterocycles. The second-order valence-electron chi connectivity index (χ2n) is 5.19. The minimum atomic E-state index is -0.441. The van der Waals surface area contributed by atoms with Gasteiger partial charge in [0.25, 0.3) is 0 Å². The Labute approximate surface area is 117 Å². The van der Waals surface area contributed by atoms with Gasteiger partial charge in [-0.3, -0.25) is 0 Å². The van der Waals surface area contributed by atoms with Crippen LogP contribution in [0.25, 0.3) is 0 Å². The molecule has 0 heterocycles. The molecule has 0 radical (unpaired) electrons. The average Bonchev–Trinajstić information content (AvgIpc) is 2.14. The summed E-state index contributed by atoms with van der Waals surface area (Å²) in [5.74, 6) is -0.250. The molecule has 0 aliphatic carbocycles. The first kappa shape index (κ1) is 14.5. The second kappa shape index (κ2) is 5.85. The van der Waals surface area contributed by atoms with E-state index in [0.29, 0.717) is 9.49 Å². The molecular formula is C14H19IO2. The molecule has 1 aromatic rings. The number of hydrogen-bond acceptors (Lipinski definition) is 2. The monoisotopic (exact) mass is 346 g/mol. The van der Waals surface area contributed by atoms with Crippen molar-refractivity contribution in [2.45, 2.75) is 43.6 Å². The molecule has 0 saturated heterocycles. The molecule has 1 rings (SSSR count). The van der Waals surface area contributed by atoms with E-state index < -0.39 is 5.60 Å². The smallest absolute Gasteiger partial charge is 0.338 e. The number of ether oxygens (including phenoxy) is 1. The van der Waals surface area contributed by atoms with E-state index in [2.05, 4.69) is 29.5 Å². The number of benzene rings is 1.